The standard InChI is InChI=1S/C17H7F12NO3S/c18-14(19,20)8-1-7(2-9(3-8)15(21,22)23)13(31)30-34(32,33)12-5-10(16(24,25)26)4-11(6-12)17(27,28)29/h1-6H,(H,30,31). The molecular weight excluding hydrogens is 526 g/mol. The number of nitrogens with one attached hydrogen (secondary N) is 1. The molecule has 0 saturated carbocycles. The third-order valence-electron chi connectivity index (χ3n) is 3.95. The highest BCUT2D eigenvalue weighted by Gasteiger charge is 2.40. The summed E-state index contributed by atoms with van der Waals surface area (Å²) in [6, 6.07) is -1.83. The molecule has 0 heterocycles. The summed E-state index contributed by atoms with van der Waals surface area (Å²) in [4.78, 5) is 10.3. The number of benzene rings is 2. The zero-order valence-corrected chi connectivity index (χ0v) is 16.4. The maximum absolute atomic E-state index is 12.9. The number of carbonyl (C=O) groups excluding carboxylic acids is 1. The van der Waals surface area contributed by atoms with Crippen LogP contribution in [0, 0.1) is 0 Å². The van der Waals surface area contributed by atoms with E-state index < -0.39 is 85.5 Å². The molecule has 4 nitrogen and oxygen atoms in total. The van der Waals surface area contributed by atoms with Crippen LogP contribution in [0.15, 0.2) is 41.3 Å². The second-order valence-electron chi connectivity index (χ2n) is 6.47. The van der Waals surface area contributed by atoms with Crippen molar-refractivity contribution >= 4 is 15.9 Å². The average Bonchev–Trinajstić information content (AvgIpc) is 2.64. The Bertz CT molecular complexity index is 1140. The lowest BCUT2D eigenvalue weighted by Gasteiger charge is -2.16. The highest BCUT2D eigenvalue weighted by atomic mass is 32.2. The monoisotopic (exact) mass is 533 g/mol. The smallest absolute Gasteiger partial charge is 0.268 e. The van der Waals surface area contributed by atoms with Crippen molar-refractivity contribution in [3.8, 4) is 0 Å². The Balaban J connectivity index is 2.59. The van der Waals surface area contributed by atoms with Crippen LogP contribution < -0.4 is 4.72 Å². The molecule has 17 heteroatoms. The summed E-state index contributed by atoms with van der Waals surface area (Å²) in [6.07, 6.45) is -21.8. The third kappa shape index (κ3) is 6.32. The third-order valence-corrected chi connectivity index (χ3v) is 5.26. The van der Waals surface area contributed by atoms with Crippen LogP contribution in [-0.4, -0.2) is 14.3 Å². The number of halogens is 12. The fourth-order valence-electron chi connectivity index (χ4n) is 2.41. The molecule has 1 amide bonds. The van der Waals surface area contributed by atoms with Crippen molar-refractivity contribution in [3.63, 3.8) is 0 Å². The number of sulfonamides is 1. The molecule has 1 N–H and O–H groups in total. The first-order chi connectivity index (χ1) is 15.0. The number of hydrogen-bond acceptors (Lipinski definition) is 3. The first-order valence-electron chi connectivity index (χ1n) is 8.18. The zero-order valence-electron chi connectivity index (χ0n) is 15.6. The molecule has 0 spiro atoms. The van der Waals surface area contributed by atoms with Gasteiger partial charge in [-0.2, -0.15) is 52.7 Å². The normalized spacial score (nSPS) is 13.6. The maximum Gasteiger partial charge on any atom is 0.416 e. The molecule has 0 radical (unpaired) electrons. The first kappa shape index (κ1) is 27.3. The summed E-state index contributed by atoms with van der Waals surface area (Å²) in [5, 5.41) is 0. The highest BCUT2D eigenvalue weighted by Crippen LogP contribution is 2.38. The summed E-state index contributed by atoms with van der Waals surface area (Å²) in [6.45, 7) is 0. The van der Waals surface area contributed by atoms with E-state index in [2.05, 4.69) is 0 Å². The van der Waals surface area contributed by atoms with Gasteiger partial charge in [-0.1, -0.05) is 0 Å². The van der Waals surface area contributed by atoms with Crippen LogP contribution in [0.25, 0.3) is 0 Å². The zero-order chi connectivity index (χ0) is 26.5. The van der Waals surface area contributed by atoms with E-state index in [-0.39, 0.29) is 24.3 Å². The lowest BCUT2D eigenvalue weighted by Crippen LogP contribution is -2.31. The van der Waals surface area contributed by atoms with Gasteiger partial charge in [-0.3, -0.25) is 4.79 Å². The Labute approximate surface area is 181 Å². The Morgan fingerprint density at radius 3 is 1.15 bits per heavy atom. The van der Waals surface area contributed by atoms with Gasteiger partial charge in [0.25, 0.3) is 15.9 Å². The Morgan fingerprint density at radius 2 is 0.853 bits per heavy atom. The number of amides is 1. The molecule has 0 aromatic heterocycles. The molecule has 34 heavy (non-hydrogen) atoms. The van der Waals surface area contributed by atoms with Gasteiger partial charge in [-0.05, 0) is 36.4 Å². The van der Waals surface area contributed by atoms with Gasteiger partial charge < -0.3 is 0 Å². The van der Waals surface area contributed by atoms with Crippen molar-refractivity contribution in [1.82, 2.24) is 4.72 Å². The van der Waals surface area contributed by atoms with Crippen LogP contribution in [-0.2, 0) is 34.7 Å². The van der Waals surface area contributed by atoms with Crippen LogP contribution >= 0.6 is 0 Å². The summed E-state index contributed by atoms with van der Waals surface area (Å²) < 4.78 is 180. The van der Waals surface area contributed by atoms with Crippen LogP contribution in [0.5, 0.6) is 0 Å². The molecule has 0 bridgehead atoms. The van der Waals surface area contributed by atoms with Gasteiger partial charge in [0.15, 0.2) is 0 Å². The van der Waals surface area contributed by atoms with Crippen LogP contribution in [0.4, 0.5) is 52.7 Å². The van der Waals surface area contributed by atoms with Crippen LogP contribution in [0.2, 0.25) is 0 Å². The lowest BCUT2D eigenvalue weighted by atomic mass is 10.0. The van der Waals surface area contributed by atoms with Crippen molar-refractivity contribution < 1.29 is 65.9 Å². The second-order valence-corrected chi connectivity index (χ2v) is 8.15. The van der Waals surface area contributed by atoms with E-state index in [0.717, 1.165) is 4.72 Å². The van der Waals surface area contributed by atoms with E-state index in [0.29, 0.717) is 0 Å². The lowest BCUT2D eigenvalue weighted by molar-refractivity contribution is -0.144. The molecule has 0 aliphatic heterocycles. The van der Waals surface area contributed by atoms with Gasteiger partial charge in [0.05, 0.1) is 27.1 Å². The SMILES string of the molecule is O=C(NS(=O)(=O)c1cc(C(F)(F)F)cc(C(F)(F)F)c1)c1cc(C(F)(F)F)cc(C(F)(F)F)c1. The predicted molar refractivity (Wildman–Crippen MR) is 87.5 cm³/mol. The Morgan fingerprint density at radius 1 is 0.559 bits per heavy atom. The molecule has 2 rings (SSSR count). The quantitative estimate of drug-likeness (QED) is 0.502. The molecule has 0 saturated heterocycles. The topological polar surface area (TPSA) is 63.2 Å². The van der Waals surface area contributed by atoms with Gasteiger partial charge in [0.2, 0.25) is 0 Å². The van der Waals surface area contributed by atoms with Crippen molar-refractivity contribution in [2.75, 3.05) is 0 Å². The second kappa shape index (κ2) is 8.35. The number of rotatable bonds is 3. The highest BCUT2D eigenvalue weighted by molar-refractivity contribution is 7.90. The van der Waals surface area contributed by atoms with Crippen molar-refractivity contribution in [1.29, 1.82) is 0 Å². The molecule has 2 aromatic rings. The van der Waals surface area contributed by atoms with Gasteiger partial charge in [0.1, 0.15) is 0 Å². The van der Waals surface area contributed by atoms with E-state index in [1.165, 1.54) is 0 Å². The van der Waals surface area contributed by atoms with E-state index in [9.17, 15) is 65.9 Å². The Hall–Kier alpha value is -2.98. The largest absolute Gasteiger partial charge is 0.416 e. The van der Waals surface area contributed by atoms with Gasteiger partial charge in [-0.25, -0.2) is 13.1 Å². The molecule has 0 aliphatic carbocycles. The van der Waals surface area contributed by atoms with Gasteiger partial charge >= 0.3 is 24.7 Å². The van der Waals surface area contributed by atoms with Gasteiger partial charge in [-0.15, -0.1) is 0 Å². The van der Waals surface area contributed by atoms with E-state index >= 15 is 0 Å². The Kier molecular flexibility index (Phi) is 6.70. The van der Waals surface area contributed by atoms with E-state index in [1.807, 2.05) is 0 Å². The summed E-state index contributed by atoms with van der Waals surface area (Å²) in [7, 11) is -5.63. The van der Waals surface area contributed by atoms with E-state index in [1.54, 1.807) is 0 Å². The number of alkyl halides is 12. The molecule has 188 valence electrons. The van der Waals surface area contributed by atoms with Crippen molar-refractivity contribution in [2.45, 2.75) is 29.6 Å². The molecule has 0 atom stereocenters. The molecular formula is C17H7F12NO3S. The molecule has 2 aromatic carbocycles. The average molecular weight is 533 g/mol. The van der Waals surface area contributed by atoms with Crippen LogP contribution in [0.1, 0.15) is 32.6 Å². The van der Waals surface area contributed by atoms with Crippen molar-refractivity contribution in [3.05, 3.63) is 64.2 Å². The minimum atomic E-state index is -5.63. The fraction of sp³-hybridized carbons (Fsp3) is 0.235. The molecule has 0 unspecified atom stereocenters. The van der Waals surface area contributed by atoms with Crippen molar-refractivity contribution in [2.24, 2.45) is 0 Å². The maximum atomic E-state index is 12.9. The first-order valence-corrected chi connectivity index (χ1v) is 9.66. The summed E-state index contributed by atoms with van der Waals surface area (Å²) >= 11 is 0. The van der Waals surface area contributed by atoms with Crippen LogP contribution in [0.3, 0.4) is 0 Å². The van der Waals surface area contributed by atoms with Gasteiger partial charge in [0, 0.05) is 5.56 Å². The van der Waals surface area contributed by atoms with E-state index in [4.69, 9.17) is 0 Å². The summed E-state index contributed by atoms with van der Waals surface area (Å²) in [5.74, 6) is -2.18. The summed E-state index contributed by atoms with van der Waals surface area (Å²) in [5.41, 5.74) is -9.79. The molecule has 0 fully saturated rings. The number of carbonyl (C=O) groups is 1. The molecule has 0 aliphatic rings. The minimum absolute atomic E-state index is 0.187. The fourth-order valence-corrected chi connectivity index (χ4v) is 3.45. The minimum Gasteiger partial charge on any atom is -0.268 e. The predicted octanol–water partition coefficient (Wildman–Crippen LogP) is 5.88. The number of hydrogen-bond donors (Lipinski definition) is 1.